The number of rotatable bonds is 7. The minimum atomic E-state index is 0.0583. The van der Waals surface area contributed by atoms with Crippen molar-refractivity contribution >= 4 is 5.78 Å². The molecule has 0 aromatic heterocycles. The van der Waals surface area contributed by atoms with Gasteiger partial charge in [0, 0.05) is 31.3 Å². The molecule has 0 atom stereocenters. The van der Waals surface area contributed by atoms with Crippen LogP contribution in [0, 0.1) is 11.8 Å². The van der Waals surface area contributed by atoms with Crippen molar-refractivity contribution in [2.24, 2.45) is 11.8 Å². The zero-order chi connectivity index (χ0) is 11.8. The lowest BCUT2D eigenvalue weighted by atomic mass is 10.0. The average Bonchev–Trinajstić information content (AvgIpc) is 2.15. The Hall–Kier alpha value is -0.830. The monoisotopic (exact) mass is 213 g/mol. The molecule has 0 radical (unpaired) electrons. The summed E-state index contributed by atoms with van der Waals surface area (Å²) in [6.07, 6.45) is 1.71. The van der Waals surface area contributed by atoms with E-state index in [1.807, 2.05) is 13.8 Å². The Morgan fingerprint density at radius 3 is 2.27 bits per heavy atom. The summed E-state index contributed by atoms with van der Waals surface area (Å²) >= 11 is 0. The van der Waals surface area contributed by atoms with Crippen LogP contribution in [0.25, 0.3) is 0 Å². The van der Waals surface area contributed by atoms with Crippen LogP contribution in [0.1, 0.15) is 27.7 Å². The number of hydrogen-bond acceptors (Lipinski definition) is 3. The zero-order valence-electron chi connectivity index (χ0n) is 10.5. The smallest absolute Gasteiger partial charge is 0.159 e. The fourth-order valence-corrected chi connectivity index (χ4v) is 1.04. The molecule has 15 heavy (non-hydrogen) atoms. The van der Waals surface area contributed by atoms with Crippen LogP contribution in [0.3, 0.4) is 0 Å². The predicted molar refractivity (Wildman–Crippen MR) is 62.6 cm³/mol. The number of ketones is 1. The minimum Gasteiger partial charge on any atom is -0.386 e. The Morgan fingerprint density at radius 1 is 1.27 bits per heavy atom. The molecule has 0 rings (SSSR count). The molecule has 0 saturated heterocycles. The van der Waals surface area contributed by atoms with Gasteiger partial charge in [-0.1, -0.05) is 27.7 Å². The van der Waals surface area contributed by atoms with Gasteiger partial charge in [-0.15, -0.1) is 0 Å². The van der Waals surface area contributed by atoms with E-state index < -0.39 is 0 Å². The molecular weight excluding hydrogens is 190 g/mol. The van der Waals surface area contributed by atoms with E-state index in [-0.39, 0.29) is 11.7 Å². The molecule has 0 aliphatic heterocycles. The van der Waals surface area contributed by atoms with Gasteiger partial charge in [0.15, 0.2) is 5.78 Å². The summed E-state index contributed by atoms with van der Waals surface area (Å²) in [5.41, 5.74) is 0.991. The van der Waals surface area contributed by atoms with Gasteiger partial charge < -0.3 is 10.1 Å². The van der Waals surface area contributed by atoms with Crippen LogP contribution in [0.2, 0.25) is 0 Å². The van der Waals surface area contributed by atoms with Crippen LogP contribution < -0.4 is 5.32 Å². The highest BCUT2D eigenvalue weighted by Crippen LogP contribution is 2.07. The van der Waals surface area contributed by atoms with Crippen molar-refractivity contribution in [3.05, 3.63) is 11.8 Å². The van der Waals surface area contributed by atoms with E-state index in [4.69, 9.17) is 4.74 Å². The highest BCUT2D eigenvalue weighted by atomic mass is 16.5. The number of ether oxygens (including phenoxy) is 1. The van der Waals surface area contributed by atoms with E-state index >= 15 is 0 Å². The second-order valence-electron chi connectivity index (χ2n) is 4.23. The Kier molecular flexibility index (Phi) is 7.05. The van der Waals surface area contributed by atoms with Gasteiger partial charge in [-0.05, 0) is 5.92 Å². The van der Waals surface area contributed by atoms with Gasteiger partial charge >= 0.3 is 0 Å². The molecule has 0 amide bonds. The van der Waals surface area contributed by atoms with E-state index in [0.29, 0.717) is 12.5 Å². The topological polar surface area (TPSA) is 38.3 Å². The van der Waals surface area contributed by atoms with E-state index in [1.54, 1.807) is 13.2 Å². The number of carbonyl (C=O) groups is 1. The first-order chi connectivity index (χ1) is 6.99. The third kappa shape index (κ3) is 6.28. The van der Waals surface area contributed by atoms with Crippen molar-refractivity contribution in [2.45, 2.75) is 27.7 Å². The maximum atomic E-state index is 11.5. The first-order valence-corrected chi connectivity index (χ1v) is 5.47. The van der Waals surface area contributed by atoms with Crippen LogP contribution in [0.15, 0.2) is 11.8 Å². The molecule has 0 aromatic carbocycles. The fourth-order valence-electron chi connectivity index (χ4n) is 1.04. The van der Waals surface area contributed by atoms with E-state index in [9.17, 15) is 4.79 Å². The minimum absolute atomic E-state index is 0.0583. The van der Waals surface area contributed by atoms with Crippen LogP contribution >= 0.6 is 0 Å². The van der Waals surface area contributed by atoms with Crippen molar-refractivity contribution in [3.8, 4) is 0 Å². The Bertz CT molecular complexity index is 220. The SMILES string of the molecule is COCCNC(=CC(=O)C(C)C)C(C)C. The number of allylic oxidation sites excluding steroid dienone is 2. The van der Waals surface area contributed by atoms with Crippen LogP contribution in [0.4, 0.5) is 0 Å². The Labute approximate surface area is 92.9 Å². The molecular formula is C12H23NO2. The third-order valence-electron chi connectivity index (χ3n) is 2.12. The van der Waals surface area contributed by atoms with Crippen LogP contribution in [-0.2, 0) is 9.53 Å². The first kappa shape index (κ1) is 14.2. The number of hydrogen-bond donors (Lipinski definition) is 1. The summed E-state index contributed by atoms with van der Waals surface area (Å²) in [6, 6.07) is 0. The second-order valence-corrected chi connectivity index (χ2v) is 4.23. The van der Waals surface area contributed by atoms with Crippen molar-refractivity contribution in [3.63, 3.8) is 0 Å². The average molecular weight is 213 g/mol. The predicted octanol–water partition coefficient (Wildman–Crippen LogP) is 1.99. The Balaban J connectivity index is 4.31. The molecule has 0 fully saturated rings. The third-order valence-corrected chi connectivity index (χ3v) is 2.12. The highest BCUT2D eigenvalue weighted by molar-refractivity contribution is 5.91. The number of carbonyl (C=O) groups excluding carboxylic acids is 1. The number of methoxy groups -OCH3 is 1. The summed E-state index contributed by atoms with van der Waals surface area (Å²) in [5.74, 6) is 0.566. The van der Waals surface area contributed by atoms with Crippen LogP contribution in [0.5, 0.6) is 0 Å². The van der Waals surface area contributed by atoms with Crippen molar-refractivity contribution in [2.75, 3.05) is 20.3 Å². The highest BCUT2D eigenvalue weighted by Gasteiger charge is 2.08. The maximum Gasteiger partial charge on any atom is 0.159 e. The molecule has 88 valence electrons. The molecule has 0 spiro atoms. The summed E-state index contributed by atoms with van der Waals surface area (Å²) in [4.78, 5) is 11.5. The van der Waals surface area contributed by atoms with Crippen LogP contribution in [-0.4, -0.2) is 26.0 Å². The molecule has 0 bridgehead atoms. The van der Waals surface area contributed by atoms with Crippen molar-refractivity contribution < 1.29 is 9.53 Å². The summed E-state index contributed by atoms with van der Waals surface area (Å²) in [7, 11) is 1.67. The van der Waals surface area contributed by atoms with E-state index in [1.165, 1.54) is 0 Å². The summed E-state index contributed by atoms with van der Waals surface area (Å²) in [5, 5.41) is 3.22. The molecule has 0 aromatic rings. The lowest BCUT2D eigenvalue weighted by Crippen LogP contribution is -2.23. The normalized spacial score (nSPS) is 12.3. The standard InChI is InChI=1S/C12H23NO2/c1-9(2)11(13-6-7-15-5)8-12(14)10(3)4/h8-10,13H,6-7H2,1-5H3. The van der Waals surface area contributed by atoms with Gasteiger partial charge in [0.05, 0.1) is 6.61 Å². The van der Waals surface area contributed by atoms with E-state index in [0.717, 1.165) is 12.2 Å². The molecule has 0 saturated carbocycles. The molecule has 0 aliphatic carbocycles. The van der Waals surface area contributed by atoms with Crippen molar-refractivity contribution in [1.82, 2.24) is 5.32 Å². The fraction of sp³-hybridized carbons (Fsp3) is 0.750. The second kappa shape index (κ2) is 7.46. The molecule has 3 heteroatoms. The molecule has 0 heterocycles. The lowest BCUT2D eigenvalue weighted by Gasteiger charge is -2.14. The van der Waals surface area contributed by atoms with Gasteiger partial charge in [0.25, 0.3) is 0 Å². The number of nitrogens with one attached hydrogen (secondary N) is 1. The largest absolute Gasteiger partial charge is 0.386 e. The molecule has 3 nitrogen and oxygen atoms in total. The van der Waals surface area contributed by atoms with Gasteiger partial charge in [-0.2, -0.15) is 0 Å². The Morgan fingerprint density at radius 2 is 1.87 bits per heavy atom. The maximum absolute atomic E-state index is 11.5. The molecule has 1 N–H and O–H groups in total. The van der Waals surface area contributed by atoms with Gasteiger partial charge in [0.1, 0.15) is 0 Å². The quantitative estimate of drug-likeness (QED) is 0.519. The van der Waals surface area contributed by atoms with Gasteiger partial charge in [-0.25, -0.2) is 0 Å². The van der Waals surface area contributed by atoms with Crippen molar-refractivity contribution in [1.29, 1.82) is 0 Å². The molecule has 0 aliphatic rings. The molecule has 0 unspecified atom stereocenters. The van der Waals surface area contributed by atoms with Gasteiger partial charge in [0.2, 0.25) is 0 Å². The zero-order valence-corrected chi connectivity index (χ0v) is 10.5. The van der Waals surface area contributed by atoms with E-state index in [2.05, 4.69) is 19.2 Å². The first-order valence-electron chi connectivity index (χ1n) is 5.47. The lowest BCUT2D eigenvalue weighted by molar-refractivity contribution is -0.117. The summed E-state index contributed by atoms with van der Waals surface area (Å²) < 4.78 is 4.95. The summed E-state index contributed by atoms with van der Waals surface area (Å²) in [6.45, 7) is 9.35. The van der Waals surface area contributed by atoms with Gasteiger partial charge in [-0.3, -0.25) is 4.79 Å².